The molecule has 3 aromatic rings. The summed E-state index contributed by atoms with van der Waals surface area (Å²) < 4.78 is 5.87. The van der Waals surface area contributed by atoms with E-state index in [9.17, 15) is 0 Å². The second-order valence-corrected chi connectivity index (χ2v) is 4.97. The van der Waals surface area contributed by atoms with Crippen molar-refractivity contribution in [2.45, 2.75) is 6.61 Å². The molecule has 0 aliphatic rings. The monoisotopic (exact) mass is 295 g/mol. The summed E-state index contributed by atoms with van der Waals surface area (Å²) in [5, 5.41) is 1.05. The smallest absolute Gasteiger partial charge is 0.146 e. The van der Waals surface area contributed by atoms with Gasteiger partial charge in [-0.25, -0.2) is 0 Å². The Morgan fingerprint density at radius 3 is 2.81 bits per heavy atom. The van der Waals surface area contributed by atoms with Crippen molar-refractivity contribution in [3.8, 4) is 5.75 Å². The summed E-state index contributed by atoms with van der Waals surface area (Å²) in [4.78, 5) is 8.75. The first-order valence-corrected chi connectivity index (χ1v) is 6.86. The van der Waals surface area contributed by atoms with Gasteiger partial charge in [0.15, 0.2) is 0 Å². The average Bonchev–Trinajstić information content (AvgIpc) is 2.53. The molecule has 0 radical (unpaired) electrons. The van der Waals surface area contributed by atoms with Crippen LogP contribution in [-0.4, -0.2) is 15.0 Å². The lowest BCUT2D eigenvalue weighted by Crippen LogP contribution is -2.12. The minimum Gasteiger partial charge on any atom is -0.487 e. The van der Waals surface area contributed by atoms with Crippen LogP contribution in [0.1, 0.15) is 11.3 Å². The number of thiocarbonyl (C=S) groups is 1. The molecule has 104 valence electrons. The standard InChI is InChI=1S/C16H13N3OS/c17-16(21)13-9-11(6-8-18-13)10-20-14-5-1-3-12-4-2-7-19-15(12)14/h1-9H,10H2,(H2,17,21). The van der Waals surface area contributed by atoms with Crippen molar-refractivity contribution in [3.63, 3.8) is 0 Å². The van der Waals surface area contributed by atoms with Crippen molar-refractivity contribution in [1.29, 1.82) is 0 Å². The second kappa shape index (κ2) is 5.85. The SMILES string of the molecule is NC(=S)c1cc(COc2cccc3cccnc23)ccn1. The largest absolute Gasteiger partial charge is 0.487 e. The zero-order valence-corrected chi connectivity index (χ0v) is 12.0. The van der Waals surface area contributed by atoms with Gasteiger partial charge in [-0.2, -0.15) is 0 Å². The zero-order chi connectivity index (χ0) is 14.7. The molecule has 0 aliphatic carbocycles. The van der Waals surface area contributed by atoms with Crippen molar-refractivity contribution in [2.75, 3.05) is 0 Å². The Labute approximate surface area is 127 Å². The van der Waals surface area contributed by atoms with Gasteiger partial charge in [0.2, 0.25) is 0 Å². The van der Waals surface area contributed by atoms with Crippen LogP contribution in [0.4, 0.5) is 0 Å². The van der Waals surface area contributed by atoms with Crippen LogP contribution in [-0.2, 0) is 6.61 Å². The molecule has 0 amide bonds. The molecule has 4 nitrogen and oxygen atoms in total. The van der Waals surface area contributed by atoms with E-state index in [1.807, 2.05) is 42.5 Å². The minimum absolute atomic E-state index is 0.281. The summed E-state index contributed by atoms with van der Waals surface area (Å²) in [5.41, 5.74) is 7.99. The molecule has 5 heteroatoms. The molecule has 2 heterocycles. The highest BCUT2D eigenvalue weighted by atomic mass is 32.1. The van der Waals surface area contributed by atoms with Crippen molar-refractivity contribution in [1.82, 2.24) is 9.97 Å². The molecule has 2 aromatic heterocycles. The molecule has 0 fully saturated rings. The van der Waals surface area contributed by atoms with E-state index in [0.717, 1.165) is 22.2 Å². The summed E-state index contributed by atoms with van der Waals surface area (Å²) in [5.74, 6) is 0.752. The first-order valence-electron chi connectivity index (χ1n) is 6.45. The van der Waals surface area contributed by atoms with E-state index < -0.39 is 0 Å². The van der Waals surface area contributed by atoms with Crippen LogP contribution >= 0.6 is 12.2 Å². The topological polar surface area (TPSA) is 61.0 Å². The van der Waals surface area contributed by atoms with E-state index >= 15 is 0 Å². The minimum atomic E-state index is 0.281. The summed E-state index contributed by atoms with van der Waals surface area (Å²) in [6, 6.07) is 13.5. The molecular weight excluding hydrogens is 282 g/mol. The highest BCUT2D eigenvalue weighted by Crippen LogP contribution is 2.23. The van der Waals surface area contributed by atoms with E-state index in [4.69, 9.17) is 22.7 Å². The molecule has 21 heavy (non-hydrogen) atoms. The average molecular weight is 295 g/mol. The number of rotatable bonds is 4. The Kier molecular flexibility index (Phi) is 3.75. The van der Waals surface area contributed by atoms with Gasteiger partial charge in [-0.05, 0) is 29.8 Å². The highest BCUT2D eigenvalue weighted by Gasteiger charge is 2.04. The van der Waals surface area contributed by atoms with E-state index in [1.54, 1.807) is 12.4 Å². The number of hydrogen-bond acceptors (Lipinski definition) is 4. The molecular formula is C16H13N3OS. The maximum atomic E-state index is 5.87. The number of pyridine rings is 2. The van der Waals surface area contributed by atoms with Crippen molar-refractivity contribution in [3.05, 3.63) is 66.1 Å². The first kappa shape index (κ1) is 13.5. The quantitative estimate of drug-likeness (QED) is 0.750. The Morgan fingerprint density at radius 1 is 1.10 bits per heavy atom. The van der Waals surface area contributed by atoms with Crippen LogP contribution in [0.25, 0.3) is 10.9 Å². The van der Waals surface area contributed by atoms with E-state index in [2.05, 4.69) is 9.97 Å². The van der Waals surface area contributed by atoms with Crippen LogP contribution in [0, 0.1) is 0 Å². The van der Waals surface area contributed by atoms with Gasteiger partial charge in [0.05, 0.1) is 5.69 Å². The molecule has 0 unspecified atom stereocenters. The molecule has 0 spiro atoms. The lowest BCUT2D eigenvalue weighted by atomic mass is 10.2. The molecule has 0 saturated carbocycles. The fourth-order valence-corrected chi connectivity index (χ4v) is 2.16. The highest BCUT2D eigenvalue weighted by molar-refractivity contribution is 7.80. The van der Waals surface area contributed by atoms with Gasteiger partial charge in [-0.15, -0.1) is 0 Å². The van der Waals surface area contributed by atoms with Crippen LogP contribution in [0.15, 0.2) is 54.9 Å². The molecule has 1 aromatic carbocycles. The number of fused-ring (bicyclic) bond motifs is 1. The fraction of sp³-hybridized carbons (Fsp3) is 0.0625. The normalized spacial score (nSPS) is 10.5. The number of nitrogens with zero attached hydrogens (tertiary/aromatic N) is 2. The van der Waals surface area contributed by atoms with Crippen LogP contribution in [0.3, 0.4) is 0 Å². The van der Waals surface area contributed by atoms with Crippen molar-refractivity contribution >= 4 is 28.1 Å². The van der Waals surface area contributed by atoms with Crippen molar-refractivity contribution < 1.29 is 4.74 Å². The summed E-state index contributed by atoms with van der Waals surface area (Å²) in [6.07, 6.45) is 3.43. The lowest BCUT2D eigenvalue weighted by molar-refractivity contribution is 0.309. The fourth-order valence-electron chi connectivity index (χ4n) is 2.05. The van der Waals surface area contributed by atoms with Gasteiger partial charge in [0.1, 0.15) is 22.9 Å². The third-order valence-corrected chi connectivity index (χ3v) is 3.28. The van der Waals surface area contributed by atoms with Gasteiger partial charge >= 0.3 is 0 Å². The molecule has 0 aliphatic heterocycles. The zero-order valence-electron chi connectivity index (χ0n) is 11.2. The second-order valence-electron chi connectivity index (χ2n) is 4.53. The van der Waals surface area contributed by atoms with Crippen LogP contribution in [0.2, 0.25) is 0 Å². The predicted octanol–water partition coefficient (Wildman–Crippen LogP) is 2.84. The summed E-state index contributed by atoms with van der Waals surface area (Å²) in [7, 11) is 0. The van der Waals surface area contributed by atoms with Gasteiger partial charge < -0.3 is 10.5 Å². The van der Waals surface area contributed by atoms with Gasteiger partial charge in [0, 0.05) is 17.8 Å². The Bertz CT molecular complexity index is 799. The van der Waals surface area contributed by atoms with Crippen LogP contribution in [0.5, 0.6) is 5.75 Å². The summed E-state index contributed by atoms with van der Waals surface area (Å²) >= 11 is 4.93. The molecule has 0 saturated heterocycles. The third kappa shape index (κ3) is 2.98. The van der Waals surface area contributed by atoms with Gasteiger partial charge in [-0.3, -0.25) is 9.97 Å². The van der Waals surface area contributed by atoms with Gasteiger partial charge in [0.25, 0.3) is 0 Å². The number of para-hydroxylation sites is 1. The van der Waals surface area contributed by atoms with E-state index in [0.29, 0.717) is 12.3 Å². The number of aromatic nitrogens is 2. The van der Waals surface area contributed by atoms with Gasteiger partial charge in [-0.1, -0.05) is 30.4 Å². The van der Waals surface area contributed by atoms with Crippen LogP contribution < -0.4 is 10.5 Å². The molecule has 0 atom stereocenters. The number of ether oxygens (including phenoxy) is 1. The lowest BCUT2D eigenvalue weighted by Gasteiger charge is -2.09. The van der Waals surface area contributed by atoms with Crippen molar-refractivity contribution in [2.24, 2.45) is 5.73 Å². The number of hydrogen-bond donors (Lipinski definition) is 1. The predicted molar refractivity (Wildman–Crippen MR) is 86.2 cm³/mol. The number of nitrogens with two attached hydrogens (primary N) is 1. The molecule has 3 rings (SSSR count). The van der Waals surface area contributed by atoms with E-state index in [-0.39, 0.29) is 4.99 Å². The summed E-state index contributed by atoms with van der Waals surface area (Å²) in [6.45, 7) is 0.411. The molecule has 0 bridgehead atoms. The maximum absolute atomic E-state index is 5.87. The first-order chi connectivity index (χ1) is 10.2. The maximum Gasteiger partial charge on any atom is 0.146 e. The Morgan fingerprint density at radius 2 is 1.95 bits per heavy atom. The Hall–Kier alpha value is -2.53. The Balaban J connectivity index is 1.84. The molecule has 2 N–H and O–H groups in total. The van der Waals surface area contributed by atoms with E-state index in [1.165, 1.54) is 0 Å². The third-order valence-electron chi connectivity index (χ3n) is 3.07. The number of benzene rings is 1.